The maximum Gasteiger partial charge on any atom is 0.182 e. The SMILES string of the molecule is CC(=NCCCc1ccc(C(C)(C)C)cc1)NC#N. The highest BCUT2D eigenvalue weighted by molar-refractivity contribution is 5.80. The number of nitriles is 1. The van der Waals surface area contributed by atoms with Crippen molar-refractivity contribution in [3.63, 3.8) is 0 Å². The third kappa shape index (κ3) is 5.56. The van der Waals surface area contributed by atoms with Crippen LogP contribution in [0.2, 0.25) is 0 Å². The van der Waals surface area contributed by atoms with E-state index in [2.05, 4.69) is 55.3 Å². The van der Waals surface area contributed by atoms with Crippen LogP contribution < -0.4 is 5.32 Å². The molecule has 3 nitrogen and oxygen atoms in total. The molecule has 0 aliphatic heterocycles. The first-order chi connectivity index (χ1) is 8.93. The van der Waals surface area contributed by atoms with Crippen molar-refractivity contribution < 1.29 is 0 Å². The molecule has 0 aliphatic rings. The van der Waals surface area contributed by atoms with E-state index in [4.69, 9.17) is 5.26 Å². The monoisotopic (exact) mass is 257 g/mol. The summed E-state index contributed by atoms with van der Waals surface area (Å²) in [7, 11) is 0. The lowest BCUT2D eigenvalue weighted by atomic mass is 9.86. The zero-order chi connectivity index (χ0) is 14.3. The van der Waals surface area contributed by atoms with Crippen molar-refractivity contribution in [3.05, 3.63) is 35.4 Å². The Labute approximate surface area is 116 Å². The zero-order valence-electron chi connectivity index (χ0n) is 12.3. The number of aryl methyl sites for hydroxylation is 1. The van der Waals surface area contributed by atoms with E-state index in [0.717, 1.165) is 19.4 Å². The van der Waals surface area contributed by atoms with Crippen LogP contribution in [-0.2, 0) is 11.8 Å². The van der Waals surface area contributed by atoms with Gasteiger partial charge in [-0.15, -0.1) is 0 Å². The fourth-order valence-corrected chi connectivity index (χ4v) is 1.82. The van der Waals surface area contributed by atoms with Crippen LogP contribution in [0.25, 0.3) is 0 Å². The zero-order valence-corrected chi connectivity index (χ0v) is 12.3. The Morgan fingerprint density at radius 3 is 2.42 bits per heavy atom. The van der Waals surface area contributed by atoms with E-state index in [0.29, 0.717) is 5.84 Å². The Morgan fingerprint density at radius 2 is 1.89 bits per heavy atom. The van der Waals surface area contributed by atoms with Crippen molar-refractivity contribution in [1.29, 1.82) is 5.26 Å². The van der Waals surface area contributed by atoms with Crippen LogP contribution in [0.4, 0.5) is 0 Å². The molecule has 0 aliphatic carbocycles. The Kier molecular flexibility index (Phi) is 5.57. The van der Waals surface area contributed by atoms with Gasteiger partial charge in [-0.1, -0.05) is 45.0 Å². The second-order valence-corrected chi connectivity index (χ2v) is 5.75. The molecule has 0 fully saturated rings. The molecule has 0 amide bonds. The van der Waals surface area contributed by atoms with Gasteiger partial charge >= 0.3 is 0 Å². The highest BCUT2D eigenvalue weighted by Crippen LogP contribution is 2.22. The van der Waals surface area contributed by atoms with Gasteiger partial charge in [0.2, 0.25) is 0 Å². The van der Waals surface area contributed by atoms with Gasteiger partial charge in [-0.05, 0) is 36.3 Å². The minimum absolute atomic E-state index is 0.211. The summed E-state index contributed by atoms with van der Waals surface area (Å²) in [5.74, 6) is 0.686. The van der Waals surface area contributed by atoms with Gasteiger partial charge in [-0.3, -0.25) is 10.3 Å². The molecule has 3 heteroatoms. The highest BCUT2D eigenvalue weighted by Gasteiger charge is 2.12. The molecule has 1 aromatic carbocycles. The standard InChI is InChI=1S/C16H23N3/c1-13(19-12-17)18-11-5-6-14-7-9-15(10-8-14)16(2,3)4/h7-10H,5-6,11H2,1-4H3,(H,18,19). The van der Waals surface area contributed by atoms with Crippen LogP contribution in [-0.4, -0.2) is 12.4 Å². The van der Waals surface area contributed by atoms with Crippen molar-refractivity contribution in [3.8, 4) is 6.19 Å². The third-order valence-corrected chi connectivity index (χ3v) is 3.03. The Hall–Kier alpha value is -1.82. The second-order valence-electron chi connectivity index (χ2n) is 5.75. The minimum Gasteiger partial charge on any atom is -0.281 e. The fraction of sp³-hybridized carbons (Fsp3) is 0.500. The Balaban J connectivity index is 2.43. The number of benzene rings is 1. The number of rotatable bonds is 4. The first-order valence-electron chi connectivity index (χ1n) is 6.69. The Morgan fingerprint density at radius 1 is 1.26 bits per heavy atom. The van der Waals surface area contributed by atoms with Crippen LogP contribution >= 0.6 is 0 Å². The predicted octanol–water partition coefficient (Wildman–Crippen LogP) is 3.41. The normalized spacial score (nSPS) is 12.1. The molecule has 1 rings (SSSR count). The molecule has 0 bridgehead atoms. The average molecular weight is 257 g/mol. The Bertz CT molecular complexity index is 458. The smallest absolute Gasteiger partial charge is 0.182 e. The van der Waals surface area contributed by atoms with Crippen molar-refractivity contribution in [2.24, 2.45) is 4.99 Å². The van der Waals surface area contributed by atoms with E-state index in [-0.39, 0.29) is 5.41 Å². The maximum absolute atomic E-state index is 8.42. The van der Waals surface area contributed by atoms with Crippen LogP contribution in [0.5, 0.6) is 0 Å². The van der Waals surface area contributed by atoms with Gasteiger partial charge in [-0.2, -0.15) is 5.26 Å². The largest absolute Gasteiger partial charge is 0.281 e. The summed E-state index contributed by atoms with van der Waals surface area (Å²) in [6.45, 7) is 9.23. The van der Waals surface area contributed by atoms with Gasteiger partial charge < -0.3 is 0 Å². The van der Waals surface area contributed by atoms with Crippen LogP contribution in [0.1, 0.15) is 45.2 Å². The van der Waals surface area contributed by atoms with E-state index >= 15 is 0 Å². The lowest BCUT2D eigenvalue weighted by Crippen LogP contribution is -2.13. The topological polar surface area (TPSA) is 48.2 Å². The summed E-state index contributed by atoms with van der Waals surface area (Å²) in [4.78, 5) is 4.27. The molecule has 0 spiro atoms. The molecule has 0 radical (unpaired) electrons. The summed E-state index contributed by atoms with van der Waals surface area (Å²) in [6.07, 6.45) is 3.89. The van der Waals surface area contributed by atoms with Crippen LogP contribution in [0.15, 0.2) is 29.3 Å². The fourth-order valence-electron chi connectivity index (χ4n) is 1.82. The summed E-state index contributed by atoms with van der Waals surface area (Å²) in [6, 6.07) is 8.82. The van der Waals surface area contributed by atoms with Gasteiger partial charge in [0.1, 0.15) is 5.84 Å². The minimum atomic E-state index is 0.211. The first kappa shape index (κ1) is 15.2. The molecule has 1 aromatic rings. The number of hydrogen-bond donors (Lipinski definition) is 1. The number of hydrogen-bond acceptors (Lipinski definition) is 2. The second kappa shape index (κ2) is 6.94. The number of amidine groups is 1. The van der Waals surface area contributed by atoms with Gasteiger partial charge in [0, 0.05) is 6.54 Å². The number of nitrogens with zero attached hydrogens (tertiary/aromatic N) is 2. The van der Waals surface area contributed by atoms with E-state index < -0.39 is 0 Å². The van der Waals surface area contributed by atoms with Gasteiger partial charge in [-0.25, -0.2) is 0 Å². The average Bonchev–Trinajstić information content (AvgIpc) is 2.34. The van der Waals surface area contributed by atoms with Crippen molar-refractivity contribution in [2.75, 3.05) is 6.54 Å². The number of nitrogens with one attached hydrogen (secondary N) is 1. The molecular formula is C16H23N3. The van der Waals surface area contributed by atoms with Crippen LogP contribution in [0, 0.1) is 11.5 Å². The predicted molar refractivity (Wildman–Crippen MR) is 80.2 cm³/mol. The third-order valence-electron chi connectivity index (χ3n) is 3.03. The lowest BCUT2D eigenvalue weighted by Gasteiger charge is -2.19. The van der Waals surface area contributed by atoms with E-state index in [1.165, 1.54) is 11.1 Å². The van der Waals surface area contributed by atoms with E-state index in [1.807, 2.05) is 6.19 Å². The molecule has 0 saturated heterocycles. The molecule has 0 saturated carbocycles. The van der Waals surface area contributed by atoms with E-state index in [1.54, 1.807) is 6.92 Å². The molecule has 0 heterocycles. The van der Waals surface area contributed by atoms with Crippen LogP contribution in [0.3, 0.4) is 0 Å². The van der Waals surface area contributed by atoms with Gasteiger partial charge in [0.05, 0.1) is 0 Å². The number of aliphatic imine (C=N–C) groups is 1. The summed E-state index contributed by atoms with van der Waals surface area (Å²) in [5.41, 5.74) is 2.92. The highest BCUT2D eigenvalue weighted by atomic mass is 15.0. The quantitative estimate of drug-likeness (QED) is 0.295. The molecule has 0 aromatic heterocycles. The van der Waals surface area contributed by atoms with Gasteiger partial charge in [0.15, 0.2) is 6.19 Å². The molecule has 0 unspecified atom stereocenters. The summed E-state index contributed by atoms with van der Waals surface area (Å²) in [5, 5.41) is 10.9. The molecular weight excluding hydrogens is 234 g/mol. The maximum atomic E-state index is 8.42. The summed E-state index contributed by atoms with van der Waals surface area (Å²) < 4.78 is 0. The molecule has 102 valence electrons. The summed E-state index contributed by atoms with van der Waals surface area (Å²) >= 11 is 0. The molecule has 1 N–H and O–H groups in total. The van der Waals surface area contributed by atoms with Gasteiger partial charge in [0.25, 0.3) is 0 Å². The van der Waals surface area contributed by atoms with Crippen molar-refractivity contribution in [2.45, 2.75) is 46.0 Å². The van der Waals surface area contributed by atoms with E-state index in [9.17, 15) is 0 Å². The first-order valence-corrected chi connectivity index (χ1v) is 6.69. The van der Waals surface area contributed by atoms with Crippen molar-refractivity contribution in [1.82, 2.24) is 5.32 Å². The lowest BCUT2D eigenvalue weighted by molar-refractivity contribution is 0.590. The molecule has 0 atom stereocenters. The molecule has 19 heavy (non-hydrogen) atoms. The van der Waals surface area contributed by atoms with Crippen molar-refractivity contribution >= 4 is 5.84 Å².